The fourth-order valence-corrected chi connectivity index (χ4v) is 0.460. The molecule has 4 heteroatoms. The minimum atomic E-state index is -4.26. The van der Waals surface area contributed by atoms with Crippen LogP contribution in [-0.2, 0) is 0 Å². The summed E-state index contributed by atoms with van der Waals surface area (Å²) in [7, 11) is 0. The van der Waals surface area contributed by atoms with Gasteiger partial charge in [0.15, 0.2) is 0 Å². The Morgan fingerprint density at radius 2 is 1.70 bits per heavy atom. The first-order valence-electron chi connectivity index (χ1n) is 2.95. The van der Waals surface area contributed by atoms with Crippen LogP contribution in [0.5, 0.6) is 0 Å². The van der Waals surface area contributed by atoms with Crippen LogP contribution in [0.2, 0.25) is 0 Å². The van der Waals surface area contributed by atoms with Gasteiger partial charge in [-0.15, -0.1) is 0 Å². The highest BCUT2D eigenvalue weighted by Crippen LogP contribution is 2.17. The van der Waals surface area contributed by atoms with Crippen molar-refractivity contribution >= 4 is 5.71 Å². The average Bonchev–Trinajstić information content (AvgIpc) is 1.60. The van der Waals surface area contributed by atoms with E-state index in [1.54, 1.807) is 13.8 Å². The molecule has 0 aliphatic carbocycles. The lowest BCUT2D eigenvalue weighted by Crippen LogP contribution is -2.20. The molecule has 60 valence electrons. The van der Waals surface area contributed by atoms with Gasteiger partial charge in [0.1, 0.15) is 5.71 Å². The third-order valence-corrected chi connectivity index (χ3v) is 0.862. The van der Waals surface area contributed by atoms with Gasteiger partial charge in [0, 0.05) is 6.04 Å². The molecule has 0 spiro atoms. The summed E-state index contributed by atoms with van der Waals surface area (Å²) in [6.45, 7) is 4.19. The van der Waals surface area contributed by atoms with Gasteiger partial charge >= 0.3 is 6.18 Å². The van der Waals surface area contributed by atoms with Crippen molar-refractivity contribution in [2.45, 2.75) is 33.0 Å². The van der Waals surface area contributed by atoms with Crippen molar-refractivity contribution in [3.8, 4) is 0 Å². The molecule has 0 aliphatic rings. The fraction of sp³-hybridized carbons (Fsp3) is 0.833. The van der Waals surface area contributed by atoms with Gasteiger partial charge in [-0.05, 0) is 20.8 Å². The number of nitrogens with zero attached hydrogens (tertiary/aromatic N) is 1. The molecule has 0 aromatic carbocycles. The van der Waals surface area contributed by atoms with E-state index < -0.39 is 11.9 Å². The number of aliphatic imine (C=N–C) groups is 1. The van der Waals surface area contributed by atoms with Crippen LogP contribution >= 0.6 is 0 Å². The van der Waals surface area contributed by atoms with Crippen LogP contribution in [0.1, 0.15) is 20.8 Å². The second kappa shape index (κ2) is 3.03. The molecule has 0 saturated heterocycles. The molecule has 0 aromatic rings. The molecule has 0 fully saturated rings. The van der Waals surface area contributed by atoms with Gasteiger partial charge in [-0.2, -0.15) is 13.2 Å². The molecule has 0 N–H and O–H groups in total. The summed E-state index contributed by atoms with van der Waals surface area (Å²) in [5.41, 5.74) is -0.762. The lowest BCUT2D eigenvalue weighted by atomic mass is 10.3. The van der Waals surface area contributed by atoms with E-state index in [9.17, 15) is 13.2 Å². The van der Waals surface area contributed by atoms with Crippen LogP contribution in [0.15, 0.2) is 4.99 Å². The zero-order chi connectivity index (χ0) is 8.36. The predicted molar refractivity (Wildman–Crippen MR) is 34.3 cm³/mol. The van der Waals surface area contributed by atoms with Gasteiger partial charge in [0.2, 0.25) is 0 Å². The summed E-state index contributed by atoms with van der Waals surface area (Å²) < 4.78 is 35.0. The van der Waals surface area contributed by atoms with E-state index in [1.807, 2.05) is 0 Å². The van der Waals surface area contributed by atoms with Crippen LogP contribution in [0.4, 0.5) is 13.2 Å². The van der Waals surface area contributed by atoms with Gasteiger partial charge in [0.05, 0.1) is 0 Å². The Labute approximate surface area is 58.0 Å². The summed E-state index contributed by atoms with van der Waals surface area (Å²) in [6, 6.07) is -0.290. The first kappa shape index (κ1) is 9.46. The van der Waals surface area contributed by atoms with Gasteiger partial charge < -0.3 is 0 Å². The third kappa shape index (κ3) is 3.48. The molecule has 0 radical (unpaired) electrons. The van der Waals surface area contributed by atoms with E-state index in [4.69, 9.17) is 0 Å². The molecule has 0 amide bonds. The maximum atomic E-state index is 11.7. The zero-order valence-corrected chi connectivity index (χ0v) is 6.16. The van der Waals surface area contributed by atoms with Gasteiger partial charge in [-0.3, -0.25) is 4.99 Å². The van der Waals surface area contributed by atoms with Crippen LogP contribution < -0.4 is 0 Å². The minimum absolute atomic E-state index is 0.290. The Balaban J connectivity index is 4.20. The van der Waals surface area contributed by atoms with E-state index in [1.165, 1.54) is 0 Å². The van der Waals surface area contributed by atoms with Crippen molar-refractivity contribution in [2.75, 3.05) is 0 Å². The average molecular weight is 153 g/mol. The van der Waals surface area contributed by atoms with Crippen molar-refractivity contribution in [2.24, 2.45) is 4.99 Å². The van der Waals surface area contributed by atoms with E-state index in [0.29, 0.717) is 0 Å². The standard InChI is InChI=1S/C6H10F3N/c1-4(2)10-5(3)6(7,8)9/h4H,1-3H3. The zero-order valence-electron chi connectivity index (χ0n) is 6.16. The molecule has 0 aliphatic heterocycles. The Kier molecular flexibility index (Phi) is 2.87. The van der Waals surface area contributed by atoms with Gasteiger partial charge in [-0.1, -0.05) is 0 Å². The van der Waals surface area contributed by atoms with Crippen molar-refractivity contribution in [3.63, 3.8) is 0 Å². The molecule has 0 unspecified atom stereocenters. The van der Waals surface area contributed by atoms with Crippen molar-refractivity contribution in [3.05, 3.63) is 0 Å². The van der Waals surface area contributed by atoms with Crippen molar-refractivity contribution in [1.29, 1.82) is 0 Å². The normalized spacial score (nSPS) is 14.5. The lowest BCUT2D eigenvalue weighted by molar-refractivity contribution is -0.0595. The lowest BCUT2D eigenvalue weighted by Gasteiger charge is -2.06. The van der Waals surface area contributed by atoms with Crippen LogP contribution in [0.3, 0.4) is 0 Å². The highest BCUT2D eigenvalue weighted by Gasteiger charge is 2.31. The summed E-state index contributed by atoms with van der Waals surface area (Å²) in [5, 5.41) is 0. The largest absolute Gasteiger partial charge is 0.428 e. The second-order valence-corrected chi connectivity index (χ2v) is 2.31. The van der Waals surface area contributed by atoms with E-state index in [2.05, 4.69) is 4.99 Å². The number of alkyl halides is 3. The summed E-state index contributed by atoms with van der Waals surface area (Å²) in [5.74, 6) is 0. The molecule has 0 rings (SSSR count). The summed E-state index contributed by atoms with van der Waals surface area (Å²) in [6.07, 6.45) is -4.26. The Morgan fingerprint density at radius 1 is 1.30 bits per heavy atom. The molecule has 0 heterocycles. The molecule has 1 nitrogen and oxygen atoms in total. The number of hydrogen-bond donors (Lipinski definition) is 0. The number of rotatable bonds is 1. The van der Waals surface area contributed by atoms with Gasteiger partial charge in [0.25, 0.3) is 0 Å². The third-order valence-electron chi connectivity index (χ3n) is 0.862. The Hall–Kier alpha value is -0.540. The maximum Gasteiger partial charge on any atom is 0.428 e. The van der Waals surface area contributed by atoms with Gasteiger partial charge in [-0.25, -0.2) is 0 Å². The van der Waals surface area contributed by atoms with E-state index in [0.717, 1.165) is 6.92 Å². The van der Waals surface area contributed by atoms with Crippen molar-refractivity contribution < 1.29 is 13.2 Å². The van der Waals surface area contributed by atoms with Crippen molar-refractivity contribution in [1.82, 2.24) is 0 Å². The second-order valence-electron chi connectivity index (χ2n) is 2.31. The molecular formula is C6H10F3N. The Bertz CT molecular complexity index is 134. The van der Waals surface area contributed by atoms with Crippen LogP contribution in [-0.4, -0.2) is 17.9 Å². The summed E-state index contributed by atoms with van der Waals surface area (Å²) >= 11 is 0. The highest BCUT2D eigenvalue weighted by molar-refractivity contribution is 5.87. The van der Waals surface area contributed by atoms with Crippen LogP contribution in [0.25, 0.3) is 0 Å². The molecular weight excluding hydrogens is 143 g/mol. The molecule has 0 aromatic heterocycles. The Morgan fingerprint density at radius 3 is 1.80 bits per heavy atom. The number of hydrogen-bond acceptors (Lipinski definition) is 1. The first-order chi connectivity index (χ1) is 4.34. The van der Waals surface area contributed by atoms with Crippen LogP contribution in [0, 0.1) is 0 Å². The molecule has 0 atom stereocenters. The van der Waals surface area contributed by atoms with E-state index in [-0.39, 0.29) is 6.04 Å². The molecule has 0 saturated carbocycles. The quantitative estimate of drug-likeness (QED) is 0.513. The van der Waals surface area contributed by atoms with E-state index >= 15 is 0 Å². The number of halogens is 3. The molecule has 0 bridgehead atoms. The topological polar surface area (TPSA) is 12.4 Å². The SMILES string of the molecule is CC(=NC(C)C)C(F)(F)F. The molecule has 10 heavy (non-hydrogen) atoms. The smallest absolute Gasteiger partial charge is 0.282 e. The predicted octanol–water partition coefficient (Wildman–Crippen LogP) is 2.42. The monoisotopic (exact) mass is 153 g/mol. The first-order valence-corrected chi connectivity index (χ1v) is 2.95. The minimum Gasteiger partial charge on any atom is -0.282 e. The fourth-order valence-electron chi connectivity index (χ4n) is 0.460. The summed E-state index contributed by atoms with van der Waals surface area (Å²) in [4.78, 5) is 3.34. The highest BCUT2D eigenvalue weighted by atomic mass is 19.4. The maximum absolute atomic E-state index is 11.7.